The maximum Gasteiger partial charge on any atom is 0.123 e. The van der Waals surface area contributed by atoms with Gasteiger partial charge >= 0.3 is 0 Å². The minimum atomic E-state index is -0.214. The molecule has 100 valence electrons. The molecule has 2 aromatic rings. The van der Waals surface area contributed by atoms with Crippen LogP contribution in [0.1, 0.15) is 12.5 Å². The molecule has 0 amide bonds. The average molecular weight is 387 g/mol. The highest BCUT2D eigenvalue weighted by atomic mass is 79.9. The van der Waals surface area contributed by atoms with E-state index in [0.29, 0.717) is 0 Å². The molecule has 0 atom stereocenters. The van der Waals surface area contributed by atoms with Crippen LogP contribution >= 0.6 is 31.9 Å². The highest BCUT2D eigenvalue weighted by Crippen LogP contribution is 2.33. The van der Waals surface area contributed by atoms with Crippen molar-refractivity contribution < 1.29 is 4.39 Å². The Labute approximate surface area is 129 Å². The Bertz CT molecular complexity index is 555. The van der Waals surface area contributed by atoms with E-state index >= 15 is 0 Å². The quantitative estimate of drug-likeness (QED) is 0.614. The number of anilines is 2. The van der Waals surface area contributed by atoms with Gasteiger partial charge in [0, 0.05) is 22.0 Å². The normalized spacial score (nSPS) is 10.5. The molecule has 2 aromatic carbocycles. The molecule has 0 heterocycles. The molecule has 2 rings (SSSR count). The summed E-state index contributed by atoms with van der Waals surface area (Å²) in [5.41, 5.74) is 3.28. The van der Waals surface area contributed by atoms with Gasteiger partial charge in [0.1, 0.15) is 5.82 Å². The number of halogens is 3. The summed E-state index contributed by atoms with van der Waals surface area (Å²) in [4.78, 5) is 2.14. The highest BCUT2D eigenvalue weighted by molar-refractivity contribution is 9.10. The molecule has 0 aliphatic rings. The van der Waals surface area contributed by atoms with Crippen molar-refractivity contribution in [3.05, 3.63) is 58.3 Å². The fourth-order valence-corrected chi connectivity index (χ4v) is 2.95. The van der Waals surface area contributed by atoms with Crippen LogP contribution in [0.25, 0.3) is 0 Å². The predicted octanol–water partition coefficient (Wildman–Crippen LogP) is 5.64. The molecule has 1 nitrogen and oxygen atoms in total. The number of rotatable bonds is 4. The van der Waals surface area contributed by atoms with Crippen molar-refractivity contribution in [1.29, 1.82) is 0 Å². The van der Waals surface area contributed by atoms with E-state index in [1.165, 1.54) is 17.7 Å². The Kier molecular flexibility index (Phi) is 4.99. The lowest BCUT2D eigenvalue weighted by atomic mass is 10.2. The van der Waals surface area contributed by atoms with Crippen LogP contribution in [0.4, 0.5) is 15.8 Å². The summed E-state index contributed by atoms with van der Waals surface area (Å²) in [5.74, 6) is -0.214. The zero-order valence-electron chi connectivity index (χ0n) is 10.5. The van der Waals surface area contributed by atoms with Crippen molar-refractivity contribution in [2.45, 2.75) is 12.3 Å². The number of benzene rings is 2. The molecule has 0 fully saturated rings. The first-order valence-corrected chi connectivity index (χ1v) is 7.94. The molecular weight excluding hydrogens is 373 g/mol. The van der Waals surface area contributed by atoms with Gasteiger partial charge in [-0.25, -0.2) is 4.39 Å². The highest BCUT2D eigenvalue weighted by Gasteiger charge is 2.11. The fourth-order valence-electron chi connectivity index (χ4n) is 1.97. The second kappa shape index (κ2) is 6.53. The Morgan fingerprint density at radius 2 is 1.79 bits per heavy atom. The van der Waals surface area contributed by atoms with Crippen LogP contribution in [0.3, 0.4) is 0 Å². The minimum Gasteiger partial charge on any atom is -0.341 e. The third-order valence-electron chi connectivity index (χ3n) is 2.91. The summed E-state index contributed by atoms with van der Waals surface area (Å²) in [6.07, 6.45) is 0. The van der Waals surface area contributed by atoms with E-state index in [-0.39, 0.29) is 5.82 Å². The SMILES string of the molecule is CCN(c1ccc(F)cc1)c1ccc(CBr)cc1Br. The van der Waals surface area contributed by atoms with Gasteiger partial charge in [-0.1, -0.05) is 22.0 Å². The number of hydrogen-bond donors (Lipinski definition) is 0. The summed E-state index contributed by atoms with van der Waals surface area (Å²) in [5, 5.41) is 0.828. The van der Waals surface area contributed by atoms with E-state index in [4.69, 9.17) is 0 Å². The summed E-state index contributed by atoms with van der Waals surface area (Å²) in [7, 11) is 0. The average Bonchev–Trinajstić information content (AvgIpc) is 2.43. The lowest BCUT2D eigenvalue weighted by molar-refractivity contribution is 0.628. The molecule has 19 heavy (non-hydrogen) atoms. The molecule has 0 aliphatic heterocycles. The van der Waals surface area contributed by atoms with Gasteiger partial charge in [0.2, 0.25) is 0 Å². The maximum absolute atomic E-state index is 13.0. The summed E-state index contributed by atoms with van der Waals surface area (Å²) >= 11 is 7.05. The van der Waals surface area contributed by atoms with E-state index in [2.05, 4.69) is 61.9 Å². The summed E-state index contributed by atoms with van der Waals surface area (Å²) in [6, 6.07) is 12.8. The van der Waals surface area contributed by atoms with Crippen LogP contribution in [0.15, 0.2) is 46.9 Å². The summed E-state index contributed by atoms with van der Waals surface area (Å²) < 4.78 is 14.0. The molecule has 4 heteroatoms. The molecule has 0 N–H and O–H groups in total. The lowest BCUT2D eigenvalue weighted by Gasteiger charge is -2.24. The second-order valence-electron chi connectivity index (χ2n) is 4.14. The van der Waals surface area contributed by atoms with Crippen LogP contribution < -0.4 is 4.90 Å². The van der Waals surface area contributed by atoms with Crippen molar-refractivity contribution in [3.63, 3.8) is 0 Å². The summed E-state index contributed by atoms with van der Waals surface area (Å²) in [6.45, 7) is 2.89. The Morgan fingerprint density at radius 3 is 2.32 bits per heavy atom. The van der Waals surface area contributed by atoms with E-state index in [1.54, 1.807) is 12.1 Å². The predicted molar refractivity (Wildman–Crippen MR) is 85.9 cm³/mol. The van der Waals surface area contributed by atoms with Crippen molar-refractivity contribution >= 4 is 43.2 Å². The van der Waals surface area contributed by atoms with E-state index < -0.39 is 0 Å². The van der Waals surface area contributed by atoms with Crippen LogP contribution in [0, 0.1) is 5.82 Å². The van der Waals surface area contributed by atoms with Gasteiger partial charge in [0.25, 0.3) is 0 Å². The van der Waals surface area contributed by atoms with Crippen molar-refractivity contribution in [1.82, 2.24) is 0 Å². The van der Waals surface area contributed by atoms with Gasteiger partial charge in [0.05, 0.1) is 5.69 Å². The smallest absolute Gasteiger partial charge is 0.123 e. The van der Waals surface area contributed by atoms with E-state index in [0.717, 1.165) is 27.7 Å². The Balaban J connectivity index is 2.39. The molecule has 0 spiro atoms. The first-order valence-electron chi connectivity index (χ1n) is 6.03. The minimum absolute atomic E-state index is 0.214. The Morgan fingerprint density at radius 1 is 1.11 bits per heavy atom. The van der Waals surface area contributed by atoms with Gasteiger partial charge in [-0.15, -0.1) is 0 Å². The molecule has 0 unspecified atom stereocenters. The number of alkyl halides is 1. The third-order valence-corrected chi connectivity index (χ3v) is 4.19. The molecular formula is C15H14Br2FN. The first-order chi connectivity index (χ1) is 9.15. The van der Waals surface area contributed by atoms with Crippen LogP contribution in [-0.4, -0.2) is 6.54 Å². The number of nitrogens with zero attached hydrogens (tertiary/aromatic N) is 1. The van der Waals surface area contributed by atoms with E-state index in [9.17, 15) is 4.39 Å². The van der Waals surface area contributed by atoms with Gasteiger partial charge in [0.15, 0.2) is 0 Å². The van der Waals surface area contributed by atoms with Crippen LogP contribution in [0.5, 0.6) is 0 Å². The largest absolute Gasteiger partial charge is 0.341 e. The zero-order valence-corrected chi connectivity index (χ0v) is 13.7. The van der Waals surface area contributed by atoms with Gasteiger partial charge in [-0.2, -0.15) is 0 Å². The second-order valence-corrected chi connectivity index (χ2v) is 5.56. The van der Waals surface area contributed by atoms with Gasteiger partial charge in [-0.05, 0) is 64.8 Å². The molecule has 0 saturated heterocycles. The van der Waals surface area contributed by atoms with Gasteiger partial charge < -0.3 is 4.90 Å². The Hall–Kier alpha value is -0.870. The fraction of sp³-hybridized carbons (Fsp3) is 0.200. The first kappa shape index (κ1) is 14.5. The van der Waals surface area contributed by atoms with Crippen LogP contribution in [-0.2, 0) is 5.33 Å². The van der Waals surface area contributed by atoms with Crippen molar-refractivity contribution in [2.75, 3.05) is 11.4 Å². The zero-order chi connectivity index (χ0) is 13.8. The van der Waals surface area contributed by atoms with E-state index in [1.807, 2.05) is 0 Å². The van der Waals surface area contributed by atoms with Crippen LogP contribution in [0.2, 0.25) is 0 Å². The number of hydrogen-bond acceptors (Lipinski definition) is 1. The maximum atomic E-state index is 13.0. The topological polar surface area (TPSA) is 3.24 Å². The third kappa shape index (κ3) is 3.37. The van der Waals surface area contributed by atoms with Gasteiger partial charge in [-0.3, -0.25) is 0 Å². The standard InChI is InChI=1S/C15H14Br2FN/c1-2-19(13-6-4-12(18)5-7-13)15-8-3-11(10-16)9-14(15)17/h3-9H,2,10H2,1H3. The molecule has 0 aliphatic carbocycles. The molecule has 0 radical (unpaired) electrons. The molecule has 0 bridgehead atoms. The van der Waals surface area contributed by atoms with Crippen molar-refractivity contribution in [2.24, 2.45) is 0 Å². The van der Waals surface area contributed by atoms with Crippen molar-refractivity contribution in [3.8, 4) is 0 Å². The molecule has 0 saturated carbocycles. The lowest BCUT2D eigenvalue weighted by Crippen LogP contribution is -2.16. The molecule has 0 aromatic heterocycles. The monoisotopic (exact) mass is 385 g/mol.